The maximum atomic E-state index is 10.5. The monoisotopic (exact) mass is 176 g/mol. The summed E-state index contributed by atoms with van der Waals surface area (Å²) in [5.41, 5.74) is 0. The highest BCUT2D eigenvalue weighted by Gasteiger charge is 2.39. The number of ether oxygens (including phenoxy) is 1. The fraction of sp³-hybridized carbons (Fsp3) is 0.857. The molecule has 0 saturated carbocycles. The Labute approximate surface area is 69.6 Å². The molecule has 3 N–H and O–H groups in total. The van der Waals surface area contributed by atoms with E-state index in [1.54, 1.807) is 6.92 Å². The van der Waals surface area contributed by atoms with Crippen molar-refractivity contribution in [3.05, 3.63) is 0 Å². The molecule has 0 bridgehead atoms. The molecular formula is C7H12O5. The number of carbonyl (C=O) groups is 1. The molecule has 70 valence electrons. The third-order valence-corrected chi connectivity index (χ3v) is 1.90. The molecule has 0 spiro atoms. The first-order chi connectivity index (χ1) is 5.52. The average Bonchev–Trinajstić information content (AvgIpc) is 1.96. The summed E-state index contributed by atoms with van der Waals surface area (Å²) in [7, 11) is 0. The molecule has 1 fully saturated rings. The van der Waals surface area contributed by atoms with Gasteiger partial charge in [0.05, 0.1) is 12.2 Å². The summed E-state index contributed by atoms with van der Waals surface area (Å²) in [4.78, 5) is 10.5. The molecule has 5 heteroatoms. The van der Waals surface area contributed by atoms with E-state index in [9.17, 15) is 9.90 Å². The first kappa shape index (κ1) is 9.44. The normalized spacial score (nSPS) is 42.6. The zero-order valence-electron chi connectivity index (χ0n) is 6.67. The van der Waals surface area contributed by atoms with Gasteiger partial charge >= 0.3 is 5.97 Å². The van der Waals surface area contributed by atoms with Gasteiger partial charge < -0.3 is 20.1 Å². The summed E-state index contributed by atoms with van der Waals surface area (Å²) in [6, 6.07) is 0. The number of aliphatic hydroxyl groups excluding tert-OH is 2. The number of aliphatic hydroxyl groups is 2. The minimum absolute atomic E-state index is 0.269. The van der Waals surface area contributed by atoms with E-state index in [1.807, 2.05) is 0 Å². The van der Waals surface area contributed by atoms with Crippen LogP contribution in [0.25, 0.3) is 0 Å². The van der Waals surface area contributed by atoms with Crippen molar-refractivity contribution < 1.29 is 24.9 Å². The molecule has 1 unspecified atom stereocenters. The zero-order valence-corrected chi connectivity index (χ0v) is 6.67. The molecule has 1 aliphatic heterocycles. The predicted molar refractivity (Wildman–Crippen MR) is 38.6 cm³/mol. The fourth-order valence-corrected chi connectivity index (χ4v) is 1.27. The summed E-state index contributed by atoms with van der Waals surface area (Å²) in [5, 5.41) is 26.9. The van der Waals surface area contributed by atoms with Gasteiger partial charge in [-0.2, -0.15) is 0 Å². The van der Waals surface area contributed by atoms with Gasteiger partial charge in [0.1, 0.15) is 6.10 Å². The Balaban J connectivity index is 2.66. The minimum atomic E-state index is -1.32. The number of hydrogen-bond acceptors (Lipinski definition) is 4. The lowest BCUT2D eigenvalue weighted by molar-refractivity contribution is -0.190. The predicted octanol–water partition coefficient (Wildman–Crippen LogP) is -1.03. The Morgan fingerprint density at radius 2 is 2.08 bits per heavy atom. The molecule has 0 aromatic rings. The Hall–Kier alpha value is -0.650. The van der Waals surface area contributed by atoms with Gasteiger partial charge in [-0.1, -0.05) is 0 Å². The number of carboxylic acids is 1. The Bertz CT molecular complexity index is 181. The molecular weight excluding hydrogens is 164 g/mol. The van der Waals surface area contributed by atoms with E-state index in [2.05, 4.69) is 0 Å². The Morgan fingerprint density at radius 1 is 1.50 bits per heavy atom. The van der Waals surface area contributed by atoms with Crippen LogP contribution < -0.4 is 0 Å². The van der Waals surface area contributed by atoms with Gasteiger partial charge in [-0.05, 0) is 6.92 Å². The van der Waals surface area contributed by atoms with Crippen molar-refractivity contribution in [1.29, 1.82) is 0 Å². The quantitative estimate of drug-likeness (QED) is 0.475. The van der Waals surface area contributed by atoms with E-state index in [1.165, 1.54) is 0 Å². The van der Waals surface area contributed by atoms with Gasteiger partial charge in [0.2, 0.25) is 0 Å². The second kappa shape index (κ2) is 3.38. The molecule has 1 aliphatic rings. The van der Waals surface area contributed by atoms with Crippen molar-refractivity contribution in [2.45, 2.75) is 37.8 Å². The van der Waals surface area contributed by atoms with Crippen LogP contribution in [0, 0.1) is 0 Å². The number of aliphatic carboxylic acids is 1. The molecule has 1 saturated heterocycles. The largest absolute Gasteiger partial charge is 0.479 e. The van der Waals surface area contributed by atoms with Crippen molar-refractivity contribution in [1.82, 2.24) is 0 Å². The lowest BCUT2D eigenvalue weighted by atomic mass is 9.99. The van der Waals surface area contributed by atoms with Crippen LogP contribution in [0.5, 0.6) is 0 Å². The van der Waals surface area contributed by atoms with E-state index < -0.39 is 24.3 Å². The Morgan fingerprint density at radius 3 is 2.58 bits per heavy atom. The highest BCUT2D eigenvalue weighted by atomic mass is 16.5. The van der Waals surface area contributed by atoms with Gasteiger partial charge in [0, 0.05) is 6.42 Å². The number of rotatable bonds is 1. The van der Waals surface area contributed by atoms with E-state index in [4.69, 9.17) is 14.9 Å². The van der Waals surface area contributed by atoms with Crippen LogP contribution in [0.2, 0.25) is 0 Å². The second-order valence-corrected chi connectivity index (χ2v) is 3.00. The van der Waals surface area contributed by atoms with Gasteiger partial charge in [0.25, 0.3) is 0 Å². The van der Waals surface area contributed by atoms with E-state index >= 15 is 0 Å². The molecule has 1 heterocycles. The van der Waals surface area contributed by atoms with Crippen LogP contribution in [0.3, 0.4) is 0 Å². The SMILES string of the molecule is CC1C[C@H](O)[C@@H](O)[C@H](C(=O)O)O1. The van der Waals surface area contributed by atoms with Crippen molar-refractivity contribution in [3.8, 4) is 0 Å². The van der Waals surface area contributed by atoms with Crippen molar-refractivity contribution >= 4 is 5.97 Å². The molecule has 0 aromatic heterocycles. The summed E-state index contributed by atoms with van der Waals surface area (Å²) < 4.78 is 4.92. The highest BCUT2D eigenvalue weighted by molar-refractivity contribution is 5.73. The number of carboxylic acid groups (broad SMARTS) is 1. The molecule has 0 aromatic carbocycles. The molecule has 4 atom stereocenters. The molecule has 1 rings (SSSR count). The fourth-order valence-electron chi connectivity index (χ4n) is 1.27. The van der Waals surface area contributed by atoms with E-state index in [0.717, 1.165) is 0 Å². The molecule has 0 aliphatic carbocycles. The lowest BCUT2D eigenvalue weighted by Crippen LogP contribution is -2.51. The maximum absolute atomic E-state index is 10.5. The van der Waals surface area contributed by atoms with Crippen LogP contribution >= 0.6 is 0 Å². The van der Waals surface area contributed by atoms with Crippen LogP contribution in [-0.2, 0) is 9.53 Å². The molecule has 12 heavy (non-hydrogen) atoms. The Kier molecular flexibility index (Phi) is 2.66. The summed E-state index contributed by atoms with van der Waals surface area (Å²) in [5.74, 6) is -1.24. The zero-order chi connectivity index (χ0) is 9.30. The highest BCUT2D eigenvalue weighted by Crippen LogP contribution is 2.19. The molecule has 0 radical (unpaired) electrons. The standard InChI is InChI=1S/C7H12O5/c1-3-2-4(8)5(9)6(12-3)7(10)11/h3-6,8-9H,2H2,1H3,(H,10,11)/t3?,4-,5+,6+/m0/s1. The van der Waals surface area contributed by atoms with E-state index in [0.29, 0.717) is 0 Å². The topological polar surface area (TPSA) is 87.0 Å². The third kappa shape index (κ3) is 1.74. The van der Waals surface area contributed by atoms with Crippen LogP contribution in [0.15, 0.2) is 0 Å². The smallest absolute Gasteiger partial charge is 0.335 e. The van der Waals surface area contributed by atoms with E-state index in [-0.39, 0.29) is 12.5 Å². The van der Waals surface area contributed by atoms with Gasteiger partial charge in [-0.15, -0.1) is 0 Å². The lowest BCUT2D eigenvalue weighted by Gasteiger charge is -2.33. The van der Waals surface area contributed by atoms with Crippen molar-refractivity contribution in [2.75, 3.05) is 0 Å². The van der Waals surface area contributed by atoms with Crippen LogP contribution in [0.4, 0.5) is 0 Å². The first-order valence-corrected chi connectivity index (χ1v) is 3.76. The van der Waals surface area contributed by atoms with Crippen LogP contribution in [0.1, 0.15) is 13.3 Å². The van der Waals surface area contributed by atoms with Crippen molar-refractivity contribution in [2.24, 2.45) is 0 Å². The van der Waals surface area contributed by atoms with Crippen LogP contribution in [-0.4, -0.2) is 45.7 Å². The summed E-state index contributed by atoms with van der Waals surface area (Å²) in [6.45, 7) is 1.66. The summed E-state index contributed by atoms with van der Waals surface area (Å²) in [6.07, 6.45) is -3.69. The third-order valence-electron chi connectivity index (χ3n) is 1.90. The number of hydrogen-bond donors (Lipinski definition) is 3. The molecule has 5 nitrogen and oxygen atoms in total. The first-order valence-electron chi connectivity index (χ1n) is 3.76. The average molecular weight is 176 g/mol. The van der Waals surface area contributed by atoms with Gasteiger partial charge in [-0.25, -0.2) is 4.79 Å². The molecule has 0 amide bonds. The van der Waals surface area contributed by atoms with Gasteiger partial charge in [-0.3, -0.25) is 0 Å². The minimum Gasteiger partial charge on any atom is -0.479 e. The van der Waals surface area contributed by atoms with Gasteiger partial charge in [0.15, 0.2) is 6.10 Å². The summed E-state index contributed by atoms with van der Waals surface area (Å²) >= 11 is 0. The maximum Gasteiger partial charge on any atom is 0.335 e. The second-order valence-electron chi connectivity index (χ2n) is 3.00. The van der Waals surface area contributed by atoms with Crippen molar-refractivity contribution in [3.63, 3.8) is 0 Å².